The maximum absolute atomic E-state index is 6.22. The number of benzene rings is 1. The van der Waals surface area contributed by atoms with E-state index in [1.807, 2.05) is 31.2 Å². The van der Waals surface area contributed by atoms with Crippen molar-refractivity contribution in [2.45, 2.75) is 19.4 Å². The molecule has 0 aliphatic heterocycles. The van der Waals surface area contributed by atoms with Gasteiger partial charge in [0.05, 0.1) is 5.52 Å². The maximum Gasteiger partial charge on any atom is 0.0765 e. The Morgan fingerprint density at radius 3 is 3.00 bits per heavy atom. The summed E-state index contributed by atoms with van der Waals surface area (Å²) in [5.41, 5.74) is 7.94. The maximum atomic E-state index is 6.22. The molecule has 0 fully saturated rings. The van der Waals surface area contributed by atoms with Crippen LogP contribution in [0, 0.1) is 0 Å². The van der Waals surface area contributed by atoms with Crippen molar-refractivity contribution < 1.29 is 0 Å². The van der Waals surface area contributed by atoms with Crippen LogP contribution in [0.15, 0.2) is 42.6 Å². The van der Waals surface area contributed by atoms with E-state index in [1.165, 1.54) is 0 Å². The lowest BCUT2D eigenvalue weighted by Crippen LogP contribution is -2.29. The van der Waals surface area contributed by atoms with Crippen molar-refractivity contribution in [2.24, 2.45) is 5.73 Å². The van der Waals surface area contributed by atoms with Gasteiger partial charge in [0.15, 0.2) is 0 Å². The Morgan fingerprint density at radius 1 is 1.40 bits per heavy atom. The van der Waals surface area contributed by atoms with Gasteiger partial charge in [-0.25, -0.2) is 0 Å². The van der Waals surface area contributed by atoms with Crippen LogP contribution in [-0.4, -0.2) is 18.1 Å². The Morgan fingerprint density at radius 2 is 2.25 bits per heavy atom. The number of nitrogens with two attached hydrogens (primary N) is 1. The third-order valence-electron chi connectivity index (χ3n) is 3.30. The summed E-state index contributed by atoms with van der Waals surface area (Å²) >= 11 is 6.22. The molecule has 1 heterocycles. The van der Waals surface area contributed by atoms with Crippen LogP contribution in [0.1, 0.15) is 24.9 Å². The van der Waals surface area contributed by atoms with E-state index in [-0.39, 0.29) is 6.04 Å². The Hall–Kier alpha value is -1.42. The zero-order valence-electron chi connectivity index (χ0n) is 11.6. The van der Waals surface area contributed by atoms with Gasteiger partial charge in [0.1, 0.15) is 0 Å². The molecule has 0 spiro atoms. The Balaban J connectivity index is 2.28. The summed E-state index contributed by atoms with van der Waals surface area (Å²) in [6, 6.07) is 7.90. The van der Waals surface area contributed by atoms with Crippen molar-refractivity contribution >= 4 is 22.5 Å². The van der Waals surface area contributed by atoms with Gasteiger partial charge >= 0.3 is 0 Å². The fourth-order valence-electron chi connectivity index (χ4n) is 2.27. The van der Waals surface area contributed by atoms with Crippen molar-refractivity contribution in [3.8, 4) is 0 Å². The summed E-state index contributed by atoms with van der Waals surface area (Å²) in [5.74, 6) is 0. The van der Waals surface area contributed by atoms with Gasteiger partial charge in [0, 0.05) is 29.2 Å². The molecule has 0 radical (unpaired) electrons. The van der Waals surface area contributed by atoms with E-state index in [0.29, 0.717) is 6.54 Å². The number of aromatic nitrogens is 1. The summed E-state index contributed by atoms with van der Waals surface area (Å²) < 4.78 is 0. The average Bonchev–Trinajstić information content (AvgIpc) is 2.49. The van der Waals surface area contributed by atoms with E-state index in [9.17, 15) is 0 Å². The molecule has 1 unspecified atom stereocenters. The van der Waals surface area contributed by atoms with Gasteiger partial charge in [-0.1, -0.05) is 29.8 Å². The van der Waals surface area contributed by atoms with Gasteiger partial charge in [-0.15, -0.1) is 0 Å². The van der Waals surface area contributed by atoms with Gasteiger partial charge in [0.25, 0.3) is 0 Å². The fourth-order valence-corrected chi connectivity index (χ4v) is 2.48. The van der Waals surface area contributed by atoms with Gasteiger partial charge in [-0.2, -0.15) is 0 Å². The number of allylic oxidation sites excluding steroid dienone is 1. The summed E-state index contributed by atoms with van der Waals surface area (Å²) in [7, 11) is 0. The van der Waals surface area contributed by atoms with E-state index in [4.69, 9.17) is 17.3 Å². The first-order chi connectivity index (χ1) is 9.77. The molecule has 0 aliphatic carbocycles. The number of nitrogens with one attached hydrogen (secondary N) is 1. The molecule has 1 aromatic heterocycles. The molecule has 0 saturated heterocycles. The summed E-state index contributed by atoms with van der Waals surface area (Å²) in [6.07, 6.45) is 6.97. The molecule has 20 heavy (non-hydrogen) atoms. The summed E-state index contributed by atoms with van der Waals surface area (Å²) in [5, 5.41) is 5.17. The van der Waals surface area contributed by atoms with Crippen molar-refractivity contribution in [3.05, 3.63) is 53.2 Å². The van der Waals surface area contributed by atoms with E-state index in [1.54, 1.807) is 6.20 Å². The fraction of sp³-hybridized carbons (Fsp3) is 0.312. The second-order valence-corrected chi connectivity index (χ2v) is 5.04. The highest BCUT2D eigenvalue weighted by molar-refractivity contribution is 6.35. The van der Waals surface area contributed by atoms with Crippen LogP contribution in [-0.2, 0) is 0 Å². The van der Waals surface area contributed by atoms with Crippen LogP contribution in [0.2, 0.25) is 5.02 Å². The Bertz CT molecular complexity index is 595. The summed E-state index contributed by atoms with van der Waals surface area (Å²) in [4.78, 5) is 4.46. The quantitative estimate of drug-likeness (QED) is 0.633. The Kier molecular flexibility index (Phi) is 5.53. The number of nitrogens with zero attached hydrogens (tertiary/aromatic N) is 1. The van der Waals surface area contributed by atoms with E-state index in [2.05, 4.69) is 22.5 Å². The molecule has 4 heteroatoms. The highest BCUT2D eigenvalue weighted by Crippen LogP contribution is 2.28. The zero-order chi connectivity index (χ0) is 14.4. The molecule has 0 saturated carbocycles. The topological polar surface area (TPSA) is 50.9 Å². The molecule has 0 amide bonds. The van der Waals surface area contributed by atoms with Gasteiger partial charge in [-0.05, 0) is 43.7 Å². The minimum Gasteiger partial charge on any atom is -0.329 e. The molecule has 1 atom stereocenters. The molecule has 0 aliphatic rings. The lowest BCUT2D eigenvalue weighted by Gasteiger charge is -2.18. The Labute approximate surface area is 124 Å². The first kappa shape index (κ1) is 15.0. The molecular weight excluding hydrogens is 270 g/mol. The smallest absolute Gasteiger partial charge is 0.0765 e. The minimum absolute atomic E-state index is 0.0925. The number of fused-ring (bicyclic) bond motifs is 1. The largest absolute Gasteiger partial charge is 0.329 e. The van der Waals surface area contributed by atoms with Crippen LogP contribution in [0.5, 0.6) is 0 Å². The monoisotopic (exact) mass is 289 g/mol. The predicted molar refractivity (Wildman–Crippen MR) is 86.0 cm³/mol. The number of halogens is 1. The van der Waals surface area contributed by atoms with Crippen molar-refractivity contribution in [1.82, 2.24) is 10.3 Å². The van der Waals surface area contributed by atoms with Gasteiger partial charge in [0.2, 0.25) is 0 Å². The molecule has 0 bridgehead atoms. The van der Waals surface area contributed by atoms with Crippen LogP contribution >= 0.6 is 11.6 Å². The third kappa shape index (κ3) is 3.37. The van der Waals surface area contributed by atoms with E-state index < -0.39 is 0 Å². The second kappa shape index (κ2) is 7.39. The standard InChI is InChI=1S/C16H20ClN3/c1-2-3-4-9-19-15(11-18)13-7-8-14(17)12-6-5-10-20-16(12)13/h2-3,5-8,10,15,19H,4,9,11,18H2,1H3/b3-2+. The molecular formula is C16H20ClN3. The van der Waals surface area contributed by atoms with E-state index >= 15 is 0 Å². The third-order valence-corrected chi connectivity index (χ3v) is 3.63. The van der Waals surface area contributed by atoms with E-state index in [0.717, 1.165) is 34.5 Å². The number of rotatable bonds is 6. The predicted octanol–water partition coefficient (Wildman–Crippen LogP) is 3.44. The first-order valence-electron chi connectivity index (χ1n) is 6.85. The zero-order valence-corrected chi connectivity index (χ0v) is 12.4. The normalized spacial score (nSPS) is 13.2. The molecule has 2 rings (SSSR count). The SMILES string of the molecule is C/C=C/CCNC(CN)c1ccc(Cl)c2cccnc12. The molecule has 1 aromatic carbocycles. The van der Waals surface area contributed by atoms with Gasteiger partial charge in [-0.3, -0.25) is 4.98 Å². The van der Waals surface area contributed by atoms with Crippen molar-refractivity contribution in [1.29, 1.82) is 0 Å². The first-order valence-corrected chi connectivity index (χ1v) is 7.23. The lowest BCUT2D eigenvalue weighted by molar-refractivity contribution is 0.551. The number of hydrogen-bond acceptors (Lipinski definition) is 3. The second-order valence-electron chi connectivity index (χ2n) is 4.64. The average molecular weight is 290 g/mol. The highest BCUT2D eigenvalue weighted by atomic mass is 35.5. The molecule has 3 nitrogen and oxygen atoms in total. The van der Waals surface area contributed by atoms with Gasteiger partial charge < -0.3 is 11.1 Å². The highest BCUT2D eigenvalue weighted by Gasteiger charge is 2.14. The van der Waals surface area contributed by atoms with Crippen molar-refractivity contribution in [2.75, 3.05) is 13.1 Å². The minimum atomic E-state index is 0.0925. The summed E-state index contributed by atoms with van der Waals surface area (Å²) in [6.45, 7) is 3.45. The number of hydrogen-bond donors (Lipinski definition) is 2. The van der Waals surface area contributed by atoms with Crippen molar-refractivity contribution in [3.63, 3.8) is 0 Å². The van der Waals surface area contributed by atoms with Crippen LogP contribution in [0.25, 0.3) is 10.9 Å². The molecule has 3 N–H and O–H groups in total. The van der Waals surface area contributed by atoms with Crippen LogP contribution < -0.4 is 11.1 Å². The van der Waals surface area contributed by atoms with Crippen LogP contribution in [0.4, 0.5) is 0 Å². The van der Waals surface area contributed by atoms with Crippen LogP contribution in [0.3, 0.4) is 0 Å². The number of pyridine rings is 1. The lowest BCUT2D eigenvalue weighted by atomic mass is 10.0. The molecule has 2 aromatic rings. The molecule has 106 valence electrons.